The second-order valence-electron chi connectivity index (χ2n) is 8.45. The van der Waals surface area contributed by atoms with Gasteiger partial charge in [0.05, 0.1) is 18.1 Å². The van der Waals surface area contributed by atoms with Crippen LogP contribution in [0.15, 0.2) is 24.3 Å². The molecule has 1 aromatic rings. The van der Waals surface area contributed by atoms with Crippen molar-refractivity contribution in [2.45, 2.75) is 64.1 Å². The largest absolute Gasteiger partial charge is 0.376 e. The molecular formula is C22H35N3O3S. The van der Waals surface area contributed by atoms with Crippen molar-refractivity contribution in [2.75, 3.05) is 37.0 Å². The van der Waals surface area contributed by atoms with Gasteiger partial charge in [0, 0.05) is 30.9 Å². The molecule has 0 bridgehead atoms. The monoisotopic (exact) mass is 421 g/mol. The predicted octanol–water partition coefficient (Wildman–Crippen LogP) is 2.90. The molecule has 0 spiro atoms. The number of anilines is 1. The van der Waals surface area contributed by atoms with Crippen LogP contribution >= 0.6 is 0 Å². The molecule has 1 atom stereocenters. The Balaban J connectivity index is 1.59. The molecule has 6 nitrogen and oxygen atoms in total. The molecule has 2 aliphatic rings. The Morgan fingerprint density at radius 3 is 2.48 bits per heavy atom. The van der Waals surface area contributed by atoms with Gasteiger partial charge < -0.3 is 10.2 Å². The van der Waals surface area contributed by atoms with E-state index in [1.54, 1.807) is 4.90 Å². The maximum atomic E-state index is 12.8. The van der Waals surface area contributed by atoms with E-state index in [0.29, 0.717) is 19.0 Å². The van der Waals surface area contributed by atoms with Crippen LogP contribution in [0.3, 0.4) is 0 Å². The van der Waals surface area contributed by atoms with Gasteiger partial charge in [0.15, 0.2) is 9.84 Å². The van der Waals surface area contributed by atoms with Crippen LogP contribution in [0.5, 0.6) is 0 Å². The number of nitrogens with zero attached hydrogens (tertiary/aromatic N) is 2. The zero-order valence-electron chi connectivity index (χ0n) is 17.8. The highest BCUT2D eigenvalue weighted by atomic mass is 32.2. The van der Waals surface area contributed by atoms with Crippen LogP contribution in [0, 0.1) is 0 Å². The highest BCUT2D eigenvalue weighted by molar-refractivity contribution is 7.91. The number of benzene rings is 1. The van der Waals surface area contributed by atoms with Gasteiger partial charge in [0.1, 0.15) is 0 Å². The van der Waals surface area contributed by atoms with Crippen molar-refractivity contribution >= 4 is 21.4 Å². The molecule has 1 saturated carbocycles. The fourth-order valence-electron chi connectivity index (χ4n) is 4.68. The maximum absolute atomic E-state index is 12.8. The van der Waals surface area contributed by atoms with Crippen LogP contribution < -0.4 is 5.32 Å². The Morgan fingerprint density at radius 1 is 1.10 bits per heavy atom. The summed E-state index contributed by atoms with van der Waals surface area (Å²) in [6, 6.07) is 8.61. The molecule has 1 amide bonds. The maximum Gasteiger partial charge on any atom is 0.242 e. The Hall–Kier alpha value is -1.60. The highest BCUT2D eigenvalue weighted by Gasteiger charge is 2.33. The quantitative estimate of drug-likeness (QED) is 0.699. The molecule has 1 saturated heterocycles. The van der Waals surface area contributed by atoms with E-state index in [0.717, 1.165) is 12.2 Å². The lowest BCUT2D eigenvalue weighted by Crippen LogP contribution is -2.43. The molecule has 0 aromatic heterocycles. The number of carbonyl (C=O) groups excluding carboxylic acids is 1. The summed E-state index contributed by atoms with van der Waals surface area (Å²) in [4.78, 5) is 16.9. The number of nitrogens with one attached hydrogen (secondary N) is 1. The summed E-state index contributed by atoms with van der Waals surface area (Å²) >= 11 is 0. The predicted molar refractivity (Wildman–Crippen MR) is 118 cm³/mol. The van der Waals surface area contributed by atoms with Crippen LogP contribution in [0.4, 0.5) is 5.69 Å². The minimum absolute atomic E-state index is 0.0370. The third-order valence-electron chi connectivity index (χ3n) is 6.38. The number of likely N-dealkylation sites (N-methyl/N-ethyl adjacent to an activating group) is 1. The van der Waals surface area contributed by atoms with Crippen molar-refractivity contribution in [3.05, 3.63) is 29.8 Å². The van der Waals surface area contributed by atoms with Crippen molar-refractivity contribution in [3.63, 3.8) is 0 Å². The van der Waals surface area contributed by atoms with Gasteiger partial charge in [-0.25, -0.2) is 8.42 Å². The summed E-state index contributed by atoms with van der Waals surface area (Å²) in [5.41, 5.74) is 2.18. The summed E-state index contributed by atoms with van der Waals surface area (Å²) in [5, 5.41) is 3.31. The van der Waals surface area contributed by atoms with E-state index in [2.05, 4.69) is 23.3 Å². The van der Waals surface area contributed by atoms with Crippen LogP contribution in [-0.2, 0) is 21.2 Å². The molecular weight excluding hydrogens is 386 g/mol. The first-order chi connectivity index (χ1) is 13.9. The lowest BCUT2D eigenvalue weighted by Gasteiger charge is -2.32. The highest BCUT2D eigenvalue weighted by Crippen LogP contribution is 2.25. The van der Waals surface area contributed by atoms with Crippen LogP contribution in [0.1, 0.15) is 51.0 Å². The van der Waals surface area contributed by atoms with Gasteiger partial charge >= 0.3 is 0 Å². The second kappa shape index (κ2) is 9.94. The van der Waals surface area contributed by atoms with Crippen molar-refractivity contribution in [3.8, 4) is 0 Å². The molecule has 1 aliphatic heterocycles. The van der Waals surface area contributed by atoms with Gasteiger partial charge in [-0.15, -0.1) is 0 Å². The third kappa shape index (κ3) is 5.95. The number of hydrogen-bond donors (Lipinski definition) is 1. The molecule has 3 rings (SSSR count). The van der Waals surface area contributed by atoms with Crippen molar-refractivity contribution < 1.29 is 13.2 Å². The first-order valence-corrected chi connectivity index (χ1v) is 12.7. The molecule has 1 heterocycles. The van der Waals surface area contributed by atoms with Gasteiger partial charge in [0.2, 0.25) is 5.91 Å². The van der Waals surface area contributed by atoms with E-state index in [4.69, 9.17) is 0 Å². The number of amides is 1. The molecule has 7 heteroatoms. The number of para-hydroxylation sites is 1. The summed E-state index contributed by atoms with van der Waals surface area (Å²) in [5.74, 6) is 0.241. The van der Waals surface area contributed by atoms with Gasteiger partial charge in [-0.2, -0.15) is 0 Å². The zero-order chi connectivity index (χ0) is 20.9. The van der Waals surface area contributed by atoms with Crippen LogP contribution in [0.2, 0.25) is 0 Å². The first kappa shape index (κ1) is 22.1. The number of carbonyl (C=O) groups is 1. The van der Waals surface area contributed by atoms with Crippen LogP contribution in [-0.4, -0.2) is 67.9 Å². The molecule has 0 radical (unpaired) electrons. The van der Waals surface area contributed by atoms with Gasteiger partial charge in [0.25, 0.3) is 0 Å². The average molecular weight is 422 g/mol. The number of hydrogen-bond acceptors (Lipinski definition) is 5. The van der Waals surface area contributed by atoms with E-state index < -0.39 is 9.84 Å². The fourth-order valence-corrected chi connectivity index (χ4v) is 6.41. The molecule has 2 fully saturated rings. The van der Waals surface area contributed by atoms with Crippen molar-refractivity contribution in [1.82, 2.24) is 9.80 Å². The minimum atomic E-state index is -3.00. The fraction of sp³-hybridized carbons (Fsp3) is 0.682. The lowest BCUT2D eigenvalue weighted by molar-refractivity contribution is -0.130. The minimum Gasteiger partial charge on any atom is -0.376 e. The zero-order valence-corrected chi connectivity index (χ0v) is 18.6. The molecule has 1 aromatic carbocycles. The van der Waals surface area contributed by atoms with E-state index in [9.17, 15) is 13.2 Å². The normalized spacial score (nSPS) is 22.0. The Kier molecular flexibility index (Phi) is 7.57. The topological polar surface area (TPSA) is 69.7 Å². The van der Waals surface area contributed by atoms with E-state index in [1.807, 2.05) is 25.1 Å². The third-order valence-corrected chi connectivity index (χ3v) is 8.13. The van der Waals surface area contributed by atoms with Crippen molar-refractivity contribution in [1.29, 1.82) is 0 Å². The molecule has 162 valence electrons. The number of sulfone groups is 1. The van der Waals surface area contributed by atoms with Crippen LogP contribution in [0.25, 0.3) is 0 Å². The number of rotatable bonds is 8. The Morgan fingerprint density at radius 2 is 1.83 bits per heavy atom. The second-order valence-corrected chi connectivity index (χ2v) is 10.7. The van der Waals surface area contributed by atoms with E-state index in [-0.39, 0.29) is 30.0 Å². The molecule has 1 N–H and O–H groups in total. The standard InChI is InChI=1S/C22H35N3O3S/c1-3-25(20-13-14-29(27,28)17-20)22(26)15-23-21-12-8-7-9-18(21)16-24(2)19-10-5-4-6-11-19/h7-9,12,19-20,23H,3-6,10-11,13-17H2,1-2H3. The molecule has 29 heavy (non-hydrogen) atoms. The van der Waals surface area contributed by atoms with Gasteiger partial charge in [-0.1, -0.05) is 37.5 Å². The molecule has 1 unspecified atom stereocenters. The van der Waals surface area contributed by atoms with Gasteiger partial charge in [-0.3, -0.25) is 9.69 Å². The van der Waals surface area contributed by atoms with E-state index >= 15 is 0 Å². The summed E-state index contributed by atoms with van der Waals surface area (Å²) in [6.45, 7) is 3.50. The average Bonchev–Trinajstić information content (AvgIpc) is 3.08. The lowest BCUT2D eigenvalue weighted by atomic mass is 9.94. The Bertz CT molecular complexity index is 790. The summed E-state index contributed by atoms with van der Waals surface area (Å²) < 4.78 is 23.6. The first-order valence-electron chi connectivity index (χ1n) is 10.9. The summed E-state index contributed by atoms with van der Waals surface area (Å²) in [7, 11) is -0.810. The van der Waals surface area contributed by atoms with Crippen molar-refractivity contribution in [2.24, 2.45) is 0 Å². The molecule has 1 aliphatic carbocycles. The SMILES string of the molecule is CCN(C(=O)CNc1ccccc1CN(C)C1CCCCC1)C1CCS(=O)(=O)C1. The van der Waals surface area contributed by atoms with Gasteiger partial charge in [-0.05, 0) is 44.9 Å². The smallest absolute Gasteiger partial charge is 0.242 e. The van der Waals surface area contributed by atoms with E-state index in [1.165, 1.54) is 37.7 Å². The summed E-state index contributed by atoms with van der Waals surface area (Å²) in [6.07, 6.45) is 7.05. The Labute approximate surface area is 175 Å².